The lowest BCUT2D eigenvalue weighted by Gasteiger charge is -1.85. The zero-order valence-corrected chi connectivity index (χ0v) is 4.67. The minimum Gasteiger partial charge on any atom is -0.305 e. The molecule has 0 amide bonds. The molecule has 0 aliphatic carbocycles. The van der Waals surface area contributed by atoms with Crippen LogP contribution in [0.15, 0.2) is 9.15 Å². The van der Waals surface area contributed by atoms with Crippen LogP contribution < -0.4 is 8.37 Å². The maximum Gasteiger partial charge on any atom is 0.507 e. The van der Waals surface area contributed by atoms with Gasteiger partial charge in [0.05, 0.1) is 0 Å². The molecule has 0 atom stereocenters. The molecule has 2 heterocycles. The Bertz CT molecular complexity index is 287. The summed E-state index contributed by atoms with van der Waals surface area (Å²) >= 11 is 0. The second-order valence-corrected chi connectivity index (χ2v) is 2.47. The van der Waals surface area contributed by atoms with Crippen molar-refractivity contribution in [3.63, 3.8) is 0 Å². The lowest BCUT2D eigenvalue weighted by molar-refractivity contribution is -0.0325. The summed E-state index contributed by atoms with van der Waals surface area (Å²) in [6.07, 6.45) is 0. The van der Waals surface area contributed by atoms with E-state index in [-0.39, 0.29) is 11.9 Å². The van der Waals surface area contributed by atoms with Gasteiger partial charge < -0.3 is 8.37 Å². The van der Waals surface area contributed by atoms with Crippen LogP contribution in [0.2, 0.25) is 0 Å². The fraction of sp³-hybridized carbons (Fsp3) is 0. The molecule has 1 aromatic rings. The van der Waals surface area contributed by atoms with Crippen LogP contribution in [0.1, 0.15) is 0 Å². The molecule has 7 heteroatoms. The number of hydrogen-bond acceptors (Lipinski definition) is 6. The normalized spacial score (nSPS) is 20.4. The van der Waals surface area contributed by atoms with E-state index in [2.05, 4.69) is 17.5 Å². The van der Waals surface area contributed by atoms with Crippen molar-refractivity contribution in [1.82, 2.24) is 0 Å². The fourth-order valence-corrected chi connectivity index (χ4v) is 1.00. The van der Waals surface area contributed by atoms with Crippen molar-refractivity contribution in [2.75, 3.05) is 0 Å². The summed E-state index contributed by atoms with van der Waals surface area (Å²) in [5.41, 5.74) is 0. The fourth-order valence-electron chi connectivity index (χ4n) is 0.408. The molecule has 6 nitrogen and oxygen atoms in total. The van der Waals surface area contributed by atoms with E-state index in [1.54, 1.807) is 0 Å². The number of rotatable bonds is 0. The summed E-state index contributed by atoms with van der Waals surface area (Å²) in [5, 5.41) is 0. The summed E-state index contributed by atoms with van der Waals surface area (Å²) < 4.78 is 36.6. The standard InChI is InChI=1S/C2O6S/c3-9(4)7-1-2(8-9)6-5-1. The first-order valence-electron chi connectivity index (χ1n) is 1.90. The Labute approximate surface area is 49.2 Å². The van der Waals surface area contributed by atoms with Crippen LogP contribution in [0, 0.1) is 0 Å². The van der Waals surface area contributed by atoms with Crippen LogP contribution in [0.3, 0.4) is 0 Å². The summed E-state index contributed by atoms with van der Waals surface area (Å²) in [4.78, 5) is 0. The minimum atomic E-state index is -3.91. The Kier molecular flexibility index (Phi) is 0.568. The monoisotopic (exact) mass is 152 g/mol. The number of fused-ring (bicyclic) bond motifs is 1. The highest BCUT2D eigenvalue weighted by atomic mass is 32.3. The Balaban J connectivity index is 2.51. The molecule has 0 radical (unpaired) electrons. The molecule has 0 saturated carbocycles. The molecule has 1 aliphatic heterocycles. The number of hydrogen-bond donors (Lipinski definition) is 0. The van der Waals surface area contributed by atoms with E-state index in [0.29, 0.717) is 0 Å². The Morgan fingerprint density at radius 3 is 1.67 bits per heavy atom. The van der Waals surface area contributed by atoms with Gasteiger partial charge in [0.25, 0.3) is 0 Å². The Morgan fingerprint density at radius 1 is 1.00 bits per heavy atom. The van der Waals surface area contributed by atoms with E-state index in [0.717, 1.165) is 0 Å². The molecule has 0 spiro atoms. The van der Waals surface area contributed by atoms with Crippen LogP contribution in [0.5, 0.6) is 11.9 Å². The van der Waals surface area contributed by atoms with Crippen LogP contribution in [-0.4, -0.2) is 8.42 Å². The molecule has 0 aromatic carbocycles. The molecule has 0 unspecified atom stereocenters. The first-order valence-corrected chi connectivity index (χ1v) is 3.23. The lowest BCUT2D eigenvalue weighted by Crippen LogP contribution is -2.07. The van der Waals surface area contributed by atoms with Gasteiger partial charge in [-0.25, -0.2) is 9.15 Å². The van der Waals surface area contributed by atoms with Gasteiger partial charge >= 0.3 is 22.3 Å². The maximum atomic E-state index is 10.2. The van der Waals surface area contributed by atoms with Crippen molar-refractivity contribution in [3.8, 4) is 11.9 Å². The topological polar surface area (TPSA) is 78.9 Å². The molecule has 2 rings (SSSR count). The Hall–Kier alpha value is -1.11. The molecule has 50 valence electrons. The predicted molar refractivity (Wildman–Crippen MR) is 21.1 cm³/mol. The smallest absolute Gasteiger partial charge is 0.305 e. The highest BCUT2D eigenvalue weighted by molar-refractivity contribution is 7.82. The van der Waals surface area contributed by atoms with Gasteiger partial charge in [0.2, 0.25) is 0 Å². The van der Waals surface area contributed by atoms with Crippen molar-refractivity contribution in [2.24, 2.45) is 0 Å². The van der Waals surface area contributed by atoms with E-state index in [1.165, 1.54) is 0 Å². The summed E-state index contributed by atoms with van der Waals surface area (Å²) in [6.45, 7) is 0. The van der Waals surface area contributed by atoms with E-state index in [1.807, 2.05) is 0 Å². The zero-order valence-electron chi connectivity index (χ0n) is 3.86. The largest absolute Gasteiger partial charge is 0.507 e. The van der Waals surface area contributed by atoms with Gasteiger partial charge in [0.15, 0.2) is 0 Å². The first kappa shape index (κ1) is 4.74. The maximum absolute atomic E-state index is 10.2. The molecule has 1 aromatic heterocycles. The van der Waals surface area contributed by atoms with E-state index >= 15 is 0 Å². The van der Waals surface area contributed by atoms with Gasteiger partial charge in [-0.05, 0) is 0 Å². The van der Waals surface area contributed by atoms with Crippen LogP contribution in [0.4, 0.5) is 0 Å². The highest BCUT2D eigenvalue weighted by Gasteiger charge is 2.38. The van der Waals surface area contributed by atoms with Gasteiger partial charge in [-0.2, -0.15) is 0 Å². The third-order valence-electron chi connectivity index (χ3n) is 0.715. The zero-order chi connectivity index (χ0) is 6.48. The average Bonchev–Trinajstić information content (AvgIpc) is 1.90. The van der Waals surface area contributed by atoms with Crippen molar-refractivity contribution in [2.45, 2.75) is 0 Å². The molecule has 9 heavy (non-hydrogen) atoms. The van der Waals surface area contributed by atoms with Crippen molar-refractivity contribution in [3.05, 3.63) is 0 Å². The molecule has 0 fully saturated rings. The molecular weight excluding hydrogens is 152 g/mol. The minimum absolute atomic E-state index is 0.241. The molecular formula is C2O6S. The van der Waals surface area contributed by atoms with Gasteiger partial charge in [-0.15, -0.1) is 8.42 Å². The second-order valence-electron chi connectivity index (χ2n) is 1.32. The second kappa shape index (κ2) is 1.08. The molecule has 0 N–H and O–H groups in total. The predicted octanol–water partition coefficient (Wildman–Crippen LogP) is -0.111. The van der Waals surface area contributed by atoms with E-state index in [4.69, 9.17) is 0 Å². The molecule has 0 bridgehead atoms. The first-order chi connectivity index (χ1) is 4.17. The highest BCUT2D eigenvalue weighted by Crippen LogP contribution is 2.39. The van der Waals surface area contributed by atoms with Crippen LogP contribution >= 0.6 is 0 Å². The van der Waals surface area contributed by atoms with E-state index < -0.39 is 10.4 Å². The van der Waals surface area contributed by atoms with Gasteiger partial charge in [-0.1, -0.05) is 0 Å². The van der Waals surface area contributed by atoms with Crippen LogP contribution in [0.25, 0.3) is 0 Å². The molecule has 0 saturated heterocycles. The van der Waals surface area contributed by atoms with Crippen LogP contribution in [-0.2, 0) is 10.4 Å². The SMILES string of the molecule is O=S1(=O)Oc2ooc2O1. The van der Waals surface area contributed by atoms with E-state index in [9.17, 15) is 8.42 Å². The van der Waals surface area contributed by atoms with Crippen molar-refractivity contribution in [1.29, 1.82) is 0 Å². The Morgan fingerprint density at radius 2 is 1.44 bits per heavy atom. The lowest BCUT2D eigenvalue weighted by atomic mass is 10.8. The molecule has 1 aliphatic rings. The average molecular weight is 152 g/mol. The third-order valence-corrected chi connectivity index (χ3v) is 1.43. The summed E-state index contributed by atoms with van der Waals surface area (Å²) in [7, 11) is -3.91. The third kappa shape index (κ3) is 0.515. The van der Waals surface area contributed by atoms with Gasteiger partial charge in [0.1, 0.15) is 0 Å². The quantitative estimate of drug-likeness (QED) is 0.482. The van der Waals surface area contributed by atoms with Crippen molar-refractivity contribution < 1.29 is 25.9 Å². The van der Waals surface area contributed by atoms with Gasteiger partial charge in [-0.3, -0.25) is 0 Å². The van der Waals surface area contributed by atoms with Gasteiger partial charge in [0, 0.05) is 0 Å². The van der Waals surface area contributed by atoms with Crippen molar-refractivity contribution >= 4 is 10.4 Å². The summed E-state index contributed by atoms with van der Waals surface area (Å²) in [5.74, 6) is -0.481. The summed E-state index contributed by atoms with van der Waals surface area (Å²) in [6, 6.07) is 0.